The van der Waals surface area contributed by atoms with E-state index in [4.69, 9.17) is 5.73 Å². The Hall–Kier alpha value is -2.39. The molecule has 2 aromatic rings. The van der Waals surface area contributed by atoms with Crippen molar-refractivity contribution < 1.29 is 18.0 Å². The van der Waals surface area contributed by atoms with Gasteiger partial charge in [-0.15, -0.1) is 15.3 Å². The largest absolute Gasteiger partial charge is 0.453 e. The summed E-state index contributed by atoms with van der Waals surface area (Å²) in [5, 5.41) is 10.5. The van der Waals surface area contributed by atoms with Crippen LogP contribution in [0, 0.1) is 5.92 Å². The Balaban J connectivity index is 1.96. The summed E-state index contributed by atoms with van der Waals surface area (Å²) < 4.78 is 39.0. The zero-order chi connectivity index (χ0) is 15.2. The van der Waals surface area contributed by atoms with Crippen molar-refractivity contribution in [2.45, 2.75) is 12.6 Å². The molecule has 0 bridgehead atoms. The van der Waals surface area contributed by atoms with Gasteiger partial charge in [-0.25, -0.2) is 0 Å². The van der Waals surface area contributed by atoms with Crippen molar-refractivity contribution in [1.29, 1.82) is 0 Å². The highest BCUT2D eigenvalue weighted by Crippen LogP contribution is 2.28. The first-order chi connectivity index (χ1) is 9.86. The van der Waals surface area contributed by atoms with Crippen LogP contribution >= 0.6 is 0 Å². The highest BCUT2D eigenvalue weighted by Gasteiger charge is 2.38. The van der Waals surface area contributed by atoms with E-state index < -0.39 is 17.9 Å². The van der Waals surface area contributed by atoms with Gasteiger partial charge in [0.25, 0.3) is 5.82 Å². The van der Waals surface area contributed by atoms with Crippen molar-refractivity contribution >= 4 is 17.4 Å². The van der Waals surface area contributed by atoms with Crippen LogP contribution in [-0.2, 0) is 11.0 Å². The molecule has 1 saturated heterocycles. The van der Waals surface area contributed by atoms with Crippen LogP contribution in [0.5, 0.6) is 0 Å². The monoisotopic (exact) mass is 300 g/mol. The Kier molecular flexibility index (Phi) is 2.96. The maximum absolute atomic E-state index is 12.8. The van der Waals surface area contributed by atoms with E-state index in [1.807, 2.05) is 0 Å². The van der Waals surface area contributed by atoms with Crippen LogP contribution in [0.3, 0.4) is 0 Å². The smallest absolute Gasteiger partial charge is 0.369 e. The molecule has 0 aliphatic carbocycles. The first-order valence-corrected chi connectivity index (χ1v) is 6.20. The van der Waals surface area contributed by atoms with Gasteiger partial charge in [-0.05, 0) is 18.6 Å². The Morgan fingerprint density at radius 3 is 2.71 bits per heavy atom. The number of carbonyl (C=O) groups is 1. The molecule has 1 aliphatic rings. The van der Waals surface area contributed by atoms with E-state index in [1.165, 1.54) is 6.07 Å². The van der Waals surface area contributed by atoms with Crippen molar-refractivity contribution in [1.82, 2.24) is 19.8 Å². The lowest BCUT2D eigenvalue weighted by Crippen LogP contribution is -2.28. The normalized spacial score (nSPS) is 19.4. The molecule has 1 amide bonds. The molecule has 0 saturated carbocycles. The number of nitrogens with two attached hydrogens (primary N) is 1. The average Bonchev–Trinajstić information content (AvgIpc) is 3.04. The second-order valence-electron chi connectivity index (χ2n) is 4.82. The number of amides is 1. The van der Waals surface area contributed by atoms with Crippen molar-refractivity contribution in [3.05, 3.63) is 18.0 Å². The van der Waals surface area contributed by atoms with Crippen LogP contribution in [0.2, 0.25) is 0 Å². The fraction of sp³-hybridized carbons (Fsp3) is 0.455. The fourth-order valence-electron chi connectivity index (χ4n) is 2.33. The zero-order valence-corrected chi connectivity index (χ0v) is 10.7. The second-order valence-corrected chi connectivity index (χ2v) is 4.82. The number of anilines is 1. The minimum Gasteiger partial charge on any atom is -0.369 e. The van der Waals surface area contributed by atoms with Gasteiger partial charge in [-0.3, -0.25) is 4.79 Å². The number of fused-ring (bicyclic) bond motifs is 1. The number of hydrogen-bond acceptors (Lipinski definition) is 5. The number of alkyl halides is 3. The summed E-state index contributed by atoms with van der Waals surface area (Å²) >= 11 is 0. The highest BCUT2D eigenvalue weighted by atomic mass is 19.4. The lowest BCUT2D eigenvalue weighted by Gasteiger charge is -2.16. The molecule has 2 aromatic heterocycles. The molecule has 0 spiro atoms. The number of hydrogen-bond donors (Lipinski definition) is 1. The van der Waals surface area contributed by atoms with E-state index in [2.05, 4.69) is 15.3 Å². The molecule has 2 N–H and O–H groups in total. The predicted molar refractivity (Wildman–Crippen MR) is 65.3 cm³/mol. The highest BCUT2D eigenvalue weighted by molar-refractivity contribution is 5.78. The molecule has 10 heteroatoms. The maximum Gasteiger partial charge on any atom is 0.453 e. The summed E-state index contributed by atoms with van der Waals surface area (Å²) in [7, 11) is 0. The number of carbonyl (C=O) groups excluding carboxylic acids is 1. The molecule has 1 atom stereocenters. The van der Waals surface area contributed by atoms with Gasteiger partial charge in [-0.1, -0.05) is 0 Å². The first kappa shape index (κ1) is 13.6. The Morgan fingerprint density at radius 2 is 2.10 bits per heavy atom. The van der Waals surface area contributed by atoms with E-state index in [1.54, 1.807) is 11.0 Å². The summed E-state index contributed by atoms with van der Waals surface area (Å²) in [5.41, 5.74) is 5.24. The Labute approximate surface area is 116 Å². The van der Waals surface area contributed by atoms with Crippen LogP contribution in [0.1, 0.15) is 12.2 Å². The fourth-order valence-corrected chi connectivity index (χ4v) is 2.33. The van der Waals surface area contributed by atoms with Crippen molar-refractivity contribution in [2.24, 2.45) is 11.7 Å². The molecule has 1 aliphatic heterocycles. The molecule has 0 unspecified atom stereocenters. The van der Waals surface area contributed by atoms with E-state index in [-0.39, 0.29) is 11.6 Å². The SMILES string of the molecule is NC(=O)[C@@H]1CCN(c2ccc3nnc(C(F)(F)F)n3n2)C1. The molecule has 3 heterocycles. The van der Waals surface area contributed by atoms with Gasteiger partial charge in [0.05, 0.1) is 5.92 Å². The second kappa shape index (κ2) is 4.57. The minimum atomic E-state index is -4.63. The Morgan fingerprint density at radius 1 is 1.33 bits per heavy atom. The third kappa shape index (κ3) is 2.36. The lowest BCUT2D eigenvalue weighted by atomic mass is 10.1. The van der Waals surface area contributed by atoms with Crippen molar-refractivity contribution in [3.63, 3.8) is 0 Å². The van der Waals surface area contributed by atoms with E-state index >= 15 is 0 Å². The molecule has 1 fully saturated rings. The molecule has 0 radical (unpaired) electrons. The van der Waals surface area contributed by atoms with Gasteiger partial charge in [0, 0.05) is 13.1 Å². The van der Waals surface area contributed by atoms with Gasteiger partial charge in [0.2, 0.25) is 5.91 Å². The van der Waals surface area contributed by atoms with Crippen LogP contribution in [0.25, 0.3) is 5.65 Å². The quantitative estimate of drug-likeness (QED) is 0.870. The molecule has 7 nitrogen and oxygen atoms in total. The van der Waals surface area contributed by atoms with Gasteiger partial charge in [0.15, 0.2) is 5.65 Å². The van der Waals surface area contributed by atoms with Crippen LogP contribution in [0.4, 0.5) is 19.0 Å². The molecule has 0 aromatic carbocycles. The Bertz CT molecular complexity index is 697. The van der Waals surface area contributed by atoms with Gasteiger partial charge in [0.1, 0.15) is 5.82 Å². The summed E-state index contributed by atoms with van der Waals surface area (Å²) in [4.78, 5) is 12.9. The van der Waals surface area contributed by atoms with Gasteiger partial charge in [-0.2, -0.15) is 17.7 Å². The van der Waals surface area contributed by atoms with Crippen molar-refractivity contribution in [2.75, 3.05) is 18.0 Å². The topological polar surface area (TPSA) is 89.4 Å². The van der Waals surface area contributed by atoms with E-state index in [0.717, 1.165) is 0 Å². The summed E-state index contributed by atoms with van der Waals surface area (Å²) in [5.74, 6) is -1.58. The number of rotatable bonds is 2. The number of primary amides is 1. The third-order valence-corrected chi connectivity index (χ3v) is 3.42. The van der Waals surface area contributed by atoms with Crippen LogP contribution in [-0.4, -0.2) is 38.8 Å². The molecule has 21 heavy (non-hydrogen) atoms. The van der Waals surface area contributed by atoms with Gasteiger partial charge >= 0.3 is 6.18 Å². The minimum absolute atomic E-state index is 0.0109. The standard InChI is InChI=1S/C11H11F3N6O/c12-11(13,14)10-17-16-7-1-2-8(18-20(7)10)19-4-3-6(5-19)9(15)21/h1-2,6H,3-5H2,(H2,15,21)/t6-/m1/s1. The maximum atomic E-state index is 12.8. The molecule has 112 valence electrons. The summed E-state index contributed by atoms with van der Waals surface area (Å²) in [6.45, 7) is 0.854. The molecular formula is C11H11F3N6O. The predicted octanol–water partition coefficient (Wildman–Crippen LogP) is 0.455. The van der Waals surface area contributed by atoms with Crippen molar-refractivity contribution in [3.8, 4) is 0 Å². The number of halogens is 3. The lowest BCUT2D eigenvalue weighted by molar-refractivity contribution is -0.146. The summed E-state index contributed by atoms with van der Waals surface area (Å²) in [6.07, 6.45) is -4.07. The number of aromatic nitrogens is 4. The molecule has 3 rings (SSSR count). The average molecular weight is 300 g/mol. The van der Waals surface area contributed by atoms with Crippen LogP contribution in [0.15, 0.2) is 12.1 Å². The third-order valence-electron chi connectivity index (χ3n) is 3.42. The van der Waals surface area contributed by atoms with E-state index in [9.17, 15) is 18.0 Å². The molecular weight excluding hydrogens is 289 g/mol. The van der Waals surface area contributed by atoms with Crippen LogP contribution < -0.4 is 10.6 Å². The zero-order valence-electron chi connectivity index (χ0n) is 10.7. The summed E-state index contributed by atoms with van der Waals surface area (Å²) in [6, 6.07) is 2.95. The van der Waals surface area contributed by atoms with E-state index in [0.29, 0.717) is 29.8 Å². The first-order valence-electron chi connectivity index (χ1n) is 6.20. The number of nitrogens with zero attached hydrogens (tertiary/aromatic N) is 5. The van der Waals surface area contributed by atoms with Gasteiger partial charge < -0.3 is 10.6 Å².